The molecule has 0 aliphatic carbocycles. The van der Waals surface area contributed by atoms with Gasteiger partial charge in [0.2, 0.25) is 10.0 Å². The number of benzene rings is 1. The van der Waals surface area contributed by atoms with Crippen LogP contribution in [-0.4, -0.2) is 14.2 Å². The van der Waals surface area contributed by atoms with E-state index in [9.17, 15) is 8.42 Å². The minimum atomic E-state index is -3.46. The van der Waals surface area contributed by atoms with Gasteiger partial charge in [-0.15, -0.1) is 0 Å². The van der Waals surface area contributed by atoms with Crippen molar-refractivity contribution in [3.63, 3.8) is 0 Å². The van der Waals surface area contributed by atoms with Crippen LogP contribution in [0.25, 0.3) is 0 Å². The van der Waals surface area contributed by atoms with Gasteiger partial charge in [0, 0.05) is 6.54 Å². The maximum atomic E-state index is 11.2. The fraction of sp³-hybridized carbons (Fsp3) is 0.364. The van der Waals surface area contributed by atoms with Crippen molar-refractivity contribution in [3.05, 3.63) is 35.4 Å². The predicted octanol–water partition coefficient (Wildman–Crippen LogP) is 1.19. The lowest BCUT2D eigenvalue weighted by atomic mass is 10.1. The summed E-state index contributed by atoms with van der Waals surface area (Å²) in [6.45, 7) is 2.29. The van der Waals surface area contributed by atoms with E-state index < -0.39 is 15.8 Å². The Morgan fingerprint density at radius 2 is 1.81 bits per heavy atom. The number of aryl methyl sites for hydroxylation is 1. The Hall–Kier alpha value is -1.38. The third-order valence-corrected chi connectivity index (χ3v) is 3.28. The van der Waals surface area contributed by atoms with E-state index in [1.165, 1.54) is 5.56 Å². The molecule has 0 aromatic heterocycles. The zero-order chi connectivity index (χ0) is 12.0. The van der Waals surface area contributed by atoms with Gasteiger partial charge >= 0.3 is 0 Å². The fourth-order valence-corrected chi connectivity index (χ4v) is 1.88. The van der Waals surface area contributed by atoms with Gasteiger partial charge in [-0.3, -0.25) is 0 Å². The largest absolute Gasteiger partial charge is 0.225 e. The maximum Gasteiger partial charge on any atom is 0.225 e. The molecule has 0 radical (unpaired) electrons. The molecule has 5 heteroatoms. The number of rotatable bonds is 5. The quantitative estimate of drug-likeness (QED) is 0.837. The second-order valence-electron chi connectivity index (χ2n) is 3.41. The van der Waals surface area contributed by atoms with E-state index in [4.69, 9.17) is 5.26 Å². The smallest absolute Gasteiger partial charge is 0.211 e. The molecule has 1 aromatic rings. The molecular weight excluding hydrogens is 224 g/mol. The highest BCUT2D eigenvalue weighted by Crippen LogP contribution is 2.05. The predicted molar refractivity (Wildman–Crippen MR) is 62.1 cm³/mol. The monoisotopic (exact) mass is 238 g/mol. The van der Waals surface area contributed by atoms with E-state index in [1.807, 2.05) is 24.3 Å². The molecular formula is C11H14N2O2S. The summed E-state index contributed by atoms with van der Waals surface area (Å²) in [5.41, 5.74) is 2.10. The number of nitriles is 1. The Balaban J connectivity index is 2.59. The van der Waals surface area contributed by atoms with Crippen molar-refractivity contribution in [1.29, 1.82) is 5.26 Å². The summed E-state index contributed by atoms with van der Waals surface area (Å²) in [5, 5.41) is 8.30. The molecule has 16 heavy (non-hydrogen) atoms. The van der Waals surface area contributed by atoms with E-state index in [-0.39, 0.29) is 6.54 Å². The zero-order valence-corrected chi connectivity index (χ0v) is 9.92. The topological polar surface area (TPSA) is 70.0 Å². The van der Waals surface area contributed by atoms with Gasteiger partial charge in [0.05, 0.1) is 6.07 Å². The van der Waals surface area contributed by atoms with Crippen molar-refractivity contribution in [2.24, 2.45) is 0 Å². The van der Waals surface area contributed by atoms with Crippen LogP contribution in [0.3, 0.4) is 0 Å². The van der Waals surface area contributed by atoms with Gasteiger partial charge in [0.25, 0.3) is 0 Å². The van der Waals surface area contributed by atoms with E-state index in [0.29, 0.717) is 0 Å². The van der Waals surface area contributed by atoms with Crippen LogP contribution in [0, 0.1) is 11.3 Å². The lowest BCUT2D eigenvalue weighted by Crippen LogP contribution is -2.25. The summed E-state index contributed by atoms with van der Waals surface area (Å²) in [7, 11) is -3.46. The number of nitrogens with one attached hydrogen (secondary N) is 1. The zero-order valence-electron chi connectivity index (χ0n) is 9.10. The van der Waals surface area contributed by atoms with Crippen molar-refractivity contribution in [2.75, 3.05) is 5.75 Å². The SMILES string of the molecule is CCc1ccc(CNS(=O)(=O)CC#N)cc1. The average molecular weight is 238 g/mol. The maximum absolute atomic E-state index is 11.2. The first kappa shape index (κ1) is 12.7. The van der Waals surface area contributed by atoms with E-state index in [0.717, 1.165) is 12.0 Å². The van der Waals surface area contributed by atoms with Crippen molar-refractivity contribution in [2.45, 2.75) is 19.9 Å². The van der Waals surface area contributed by atoms with Crippen LogP contribution in [0.1, 0.15) is 18.1 Å². The first-order chi connectivity index (χ1) is 7.57. The highest BCUT2D eigenvalue weighted by Gasteiger charge is 2.08. The Labute approximate surface area is 96.0 Å². The molecule has 4 nitrogen and oxygen atoms in total. The molecule has 0 saturated heterocycles. The lowest BCUT2D eigenvalue weighted by Gasteiger charge is -2.04. The molecule has 0 aliphatic heterocycles. The van der Waals surface area contributed by atoms with Gasteiger partial charge in [0.1, 0.15) is 0 Å². The van der Waals surface area contributed by atoms with Crippen LogP contribution in [0.15, 0.2) is 24.3 Å². The van der Waals surface area contributed by atoms with Gasteiger partial charge in [-0.2, -0.15) is 5.26 Å². The standard InChI is InChI=1S/C11H14N2O2S/c1-2-10-3-5-11(6-4-10)9-13-16(14,15)8-7-12/h3-6,13H,2,8-9H2,1H3. The molecule has 0 atom stereocenters. The van der Waals surface area contributed by atoms with Gasteiger partial charge in [-0.1, -0.05) is 31.2 Å². The third-order valence-electron chi connectivity index (χ3n) is 2.18. The van der Waals surface area contributed by atoms with Crippen molar-refractivity contribution in [3.8, 4) is 6.07 Å². The van der Waals surface area contributed by atoms with Crippen molar-refractivity contribution >= 4 is 10.0 Å². The average Bonchev–Trinajstić information content (AvgIpc) is 2.27. The van der Waals surface area contributed by atoms with Gasteiger partial charge in [0.15, 0.2) is 5.75 Å². The van der Waals surface area contributed by atoms with E-state index in [2.05, 4.69) is 11.6 Å². The molecule has 0 fully saturated rings. The van der Waals surface area contributed by atoms with Crippen LogP contribution in [-0.2, 0) is 23.0 Å². The molecule has 0 aliphatic rings. The summed E-state index contributed by atoms with van der Waals surface area (Å²) in [6, 6.07) is 9.31. The van der Waals surface area contributed by atoms with Gasteiger partial charge in [-0.05, 0) is 17.5 Å². The van der Waals surface area contributed by atoms with Crippen LogP contribution in [0.4, 0.5) is 0 Å². The van der Waals surface area contributed by atoms with Gasteiger partial charge in [-0.25, -0.2) is 13.1 Å². The first-order valence-corrected chi connectivity index (χ1v) is 6.64. The molecule has 1 N–H and O–H groups in total. The Morgan fingerprint density at radius 3 is 2.31 bits per heavy atom. The molecule has 0 saturated carbocycles. The number of hydrogen-bond acceptors (Lipinski definition) is 3. The lowest BCUT2D eigenvalue weighted by molar-refractivity contribution is 0.585. The van der Waals surface area contributed by atoms with E-state index in [1.54, 1.807) is 6.07 Å². The van der Waals surface area contributed by atoms with Crippen molar-refractivity contribution < 1.29 is 8.42 Å². The molecule has 1 aromatic carbocycles. The fourth-order valence-electron chi connectivity index (χ4n) is 1.22. The van der Waals surface area contributed by atoms with Crippen LogP contribution in [0.2, 0.25) is 0 Å². The summed E-state index contributed by atoms with van der Waals surface area (Å²) >= 11 is 0. The number of hydrogen-bond donors (Lipinski definition) is 1. The number of sulfonamides is 1. The Morgan fingerprint density at radius 1 is 1.25 bits per heavy atom. The molecule has 0 heterocycles. The Kier molecular flexibility index (Phi) is 4.47. The summed E-state index contributed by atoms with van der Waals surface area (Å²) in [4.78, 5) is 0. The summed E-state index contributed by atoms with van der Waals surface area (Å²) < 4.78 is 24.8. The molecule has 0 bridgehead atoms. The van der Waals surface area contributed by atoms with Crippen molar-refractivity contribution in [1.82, 2.24) is 4.72 Å². The Bertz CT molecular complexity index is 472. The molecule has 0 spiro atoms. The van der Waals surface area contributed by atoms with Crippen LogP contribution >= 0.6 is 0 Å². The van der Waals surface area contributed by atoms with Gasteiger partial charge < -0.3 is 0 Å². The molecule has 86 valence electrons. The third kappa shape index (κ3) is 4.01. The van der Waals surface area contributed by atoms with E-state index >= 15 is 0 Å². The second kappa shape index (κ2) is 5.64. The minimum absolute atomic E-state index is 0.230. The highest BCUT2D eigenvalue weighted by molar-refractivity contribution is 7.89. The highest BCUT2D eigenvalue weighted by atomic mass is 32.2. The molecule has 0 unspecified atom stereocenters. The van der Waals surface area contributed by atoms with Crippen LogP contribution in [0.5, 0.6) is 0 Å². The number of nitrogens with zero attached hydrogens (tertiary/aromatic N) is 1. The summed E-state index contributed by atoms with van der Waals surface area (Å²) in [5.74, 6) is -0.500. The molecule has 0 amide bonds. The normalized spacial score (nSPS) is 11.0. The summed E-state index contributed by atoms with van der Waals surface area (Å²) in [6.07, 6.45) is 0.959. The van der Waals surface area contributed by atoms with Crippen LogP contribution < -0.4 is 4.72 Å². The second-order valence-corrected chi connectivity index (χ2v) is 5.22. The first-order valence-electron chi connectivity index (χ1n) is 4.99. The minimum Gasteiger partial charge on any atom is -0.211 e. The molecule has 1 rings (SSSR count).